The number of aryl methyl sites for hydroxylation is 1. The van der Waals surface area contributed by atoms with Crippen LogP contribution in [0.4, 0.5) is 0 Å². The van der Waals surface area contributed by atoms with Crippen LogP contribution in [-0.2, 0) is 9.59 Å². The van der Waals surface area contributed by atoms with Crippen molar-refractivity contribution in [1.29, 1.82) is 0 Å². The molecule has 0 heterocycles. The number of carbonyl (C=O) groups is 2. The zero-order valence-corrected chi connectivity index (χ0v) is 13.4. The number of halogens is 1. The number of carboxylic acids is 1. The van der Waals surface area contributed by atoms with Gasteiger partial charge in [-0.2, -0.15) is 0 Å². The van der Waals surface area contributed by atoms with Crippen LogP contribution in [0.15, 0.2) is 27.6 Å². The summed E-state index contributed by atoms with van der Waals surface area (Å²) in [5, 5.41) is 11.4. The van der Waals surface area contributed by atoms with E-state index in [0.29, 0.717) is 0 Å². The van der Waals surface area contributed by atoms with Crippen LogP contribution in [-0.4, -0.2) is 28.3 Å². The summed E-state index contributed by atoms with van der Waals surface area (Å²) >= 11 is 4.77. The van der Waals surface area contributed by atoms with Crippen LogP contribution in [0.3, 0.4) is 0 Å². The molecular weight excluding hydrogens is 330 g/mol. The maximum Gasteiger partial charge on any atom is 0.328 e. The molecule has 6 heteroatoms. The standard InChI is InChI=1S/C13H16BrNO3S/c1-8-6-9(14)4-5-10(8)19-7-11(16)15-13(2,3)12(17)18/h4-6H,7H2,1-3H3,(H,15,16)(H,17,18). The van der Waals surface area contributed by atoms with E-state index in [9.17, 15) is 9.59 Å². The predicted octanol–water partition coefficient (Wildman–Crippen LogP) is 2.83. The fourth-order valence-corrected chi connectivity index (χ4v) is 2.64. The van der Waals surface area contributed by atoms with Gasteiger partial charge in [-0.25, -0.2) is 4.79 Å². The van der Waals surface area contributed by atoms with Gasteiger partial charge in [0.1, 0.15) is 5.54 Å². The number of hydrogen-bond acceptors (Lipinski definition) is 3. The molecule has 0 aliphatic carbocycles. The molecule has 0 unspecified atom stereocenters. The van der Waals surface area contributed by atoms with Crippen LogP contribution in [0.2, 0.25) is 0 Å². The molecule has 1 amide bonds. The van der Waals surface area contributed by atoms with Gasteiger partial charge in [-0.15, -0.1) is 11.8 Å². The molecule has 0 bridgehead atoms. The molecule has 0 aromatic heterocycles. The average Bonchev–Trinajstić information content (AvgIpc) is 2.27. The van der Waals surface area contributed by atoms with E-state index < -0.39 is 11.5 Å². The number of carbonyl (C=O) groups excluding carboxylic acids is 1. The van der Waals surface area contributed by atoms with Crippen LogP contribution in [0.5, 0.6) is 0 Å². The third-order valence-electron chi connectivity index (χ3n) is 2.48. The molecule has 0 spiro atoms. The maximum atomic E-state index is 11.7. The maximum absolute atomic E-state index is 11.7. The zero-order valence-electron chi connectivity index (χ0n) is 11.0. The normalized spacial score (nSPS) is 11.2. The summed E-state index contributed by atoms with van der Waals surface area (Å²) in [7, 11) is 0. The Kier molecular flexibility index (Phi) is 5.43. The molecule has 104 valence electrons. The van der Waals surface area contributed by atoms with Gasteiger partial charge >= 0.3 is 5.97 Å². The van der Waals surface area contributed by atoms with Gasteiger partial charge in [-0.1, -0.05) is 15.9 Å². The van der Waals surface area contributed by atoms with Gasteiger partial charge in [0, 0.05) is 9.37 Å². The third kappa shape index (κ3) is 4.87. The minimum absolute atomic E-state index is 0.194. The van der Waals surface area contributed by atoms with Gasteiger partial charge < -0.3 is 10.4 Å². The lowest BCUT2D eigenvalue weighted by molar-refractivity contribution is -0.145. The summed E-state index contributed by atoms with van der Waals surface area (Å²) < 4.78 is 0.991. The predicted molar refractivity (Wildman–Crippen MR) is 79.5 cm³/mol. The Labute approximate surface area is 125 Å². The monoisotopic (exact) mass is 345 g/mol. The highest BCUT2D eigenvalue weighted by Gasteiger charge is 2.28. The minimum atomic E-state index is -1.24. The molecule has 1 aromatic rings. The van der Waals surface area contributed by atoms with Crippen molar-refractivity contribution >= 4 is 39.6 Å². The van der Waals surface area contributed by atoms with Crippen molar-refractivity contribution in [3.8, 4) is 0 Å². The molecule has 1 aromatic carbocycles. The summed E-state index contributed by atoms with van der Waals surface area (Å²) in [6.45, 7) is 4.89. The first-order chi connectivity index (χ1) is 8.72. The first-order valence-electron chi connectivity index (χ1n) is 5.66. The average molecular weight is 346 g/mol. The van der Waals surface area contributed by atoms with Crippen LogP contribution >= 0.6 is 27.7 Å². The topological polar surface area (TPSA) is 66.4 Å². The molecule has 0 radical (unpaired) electrons. The van der Waals surface area contributed by atoms with E-state index in [1.807, 2.05) is 25.1 Å². The van der Waals surface area contributed by atoms with Gasteiger partial charge in [-0.05, 0) is 44.5 Å². The number of carboxylic acid groups (broad SMARTS) is 1. The minimum Gasteiger partial charge on any atom is -0.480 e. The first kappa shape index (κ1) is 16.0. The Bertz CT molecular complexity index is 503. The van der Waals surface area contributed by atoms with E-state index >= 15 is 0 Å². The summed E-state index contributed by atoms with van der Waals surface area (Å²) in [4.78, 5) is 23.6. The Hall–Kier alpha value is -1.01. The molecule has 0 aliphatic rings. The fraction of sp³-hybridized carbons (Fsp3) is 0.385. The Morgan fingerprint density at radius 3 is 2.58 bits per heavy atom. The highest BCUT2D eigenvalue weighted by molar-refractivity contribution is 9.10. The molecule has 4 nitrogen and oxygen atoms in total. The summed E-state index contributed by atoms with van der Waals surface area (Å²) in [6, 6.07) is 5.82. The van der Waals surface area contributed by atoms with E-state index in [-0.39, 0.29) is 11.7 Å². The van der Waals surface area contributed by atoms with Crippen LogP contribution < -0.4 is 5.32 Å². The van der Waals surface area contributed by atoms with Crippen molar-refractivity contribution in [2.75, 3.05) is 5.75 Å². The van der Waals surface area contributed by atoms with Crippen LogP contribution in [0.1, 0.15) is 19.4 Å². The molecule has 1 rings (SSSR count). The molecule has 0 aliphatic heterocycles. The van der Waals surface area contributed by atoms with Crippen molar-refractivity contribution in [2.24, 2.45) is 0 Å². The SMILES string of the molecule is Cc1cc(Br)ccc1SCC(=O)NC(C)(C)C(=O)O. The smallest absolute Gasteiger partial charge is 0.328 e. The molecule has 0 atom stereocenters. The molecule has 0 fully saturated rings. The summed E-state index contributed by atoms with van der Waals surface area (Å²) in [6.07, 6.45) is 0. The van der Waals surface area contributed by atoms with Crippen molar-refractivity contribution in [3.63, 3.8) is 0 Å². The number of amides is 1. The second kappa shape index (κ2) is 6.43. The lowest BCUT2D eigenvalue weighted by atomic mass is 10.1. The van der Waals surface area contributed by atoms with Crippen molar-refractivity contribution in [2.45, 2.75) is 31.2 Å². The van der Waals surface area contributed by atoms with Gasteiger partial charge in [0.25, 0.3) is 0 Å². The number of hydrogen-bond donors (Lipinski definition) is 2. The lowest BCUT2D eigenvalue weighted by Gasteiger charge is -2.20. The van der Waals surface area contributed by atoms with E-state index in [0.717, 1.165) is 14.9 Å². The third-order valence-corrected chi connectivity index (χ3v) is 4.15. The highest BCUT2D eigenvalue weighted by Crippen LogP contribution is 2.25. The molecule has 0 saturated heterocycles. The van der Waals surface area contributed by atoms with Crippen LogP contribution in [0.25, 0.3) is 0 Å². The van der Waals surface area contributed by atoms with Gasteiger partial charge in [-0.3, -0.25) is 4.79 Å². The number of aliphatic carboxylic acids is 1. The molecule has 0 saturated carbocycles. The first-order valence-corrected chi connectivity index (χ1v) is 7.43. The molecule has 2 N–H and O–H groups in total. The quantitative estimate of drug-likeness (QED) is 0.805. The Morgan fingerprint density at radius 2 is 2.05 bits per heavy atom. The van der Waals surface area contributed by atoms with E-state index in [1.54, 1.807) is 0 Å². The Morgan fingerprint density at radius 1 is 1.42 bits per heavy atom. The van der Waals surface area contributed by atoms with Gasteiger partial charge in [0.15, 0.2) is 0 Å². The second-order valence-corrected chi connectivity index (χ2v) is 6.61. The van der Waals surface area contributed by atoms with Crippen molar-refractivity contribution < 1.29 is 14.7 Å². The fourth-order valence-electron chi connectivity index (χ4n) is 1.36. The van der Waals surface area contributed by atoms with E-state index in [4.69, 9.17) is 5.11 Å². The Balaban J connectivity index is 2.57. The number of rotatable bonds is 5. The number of thioether (sulfide) groups is 1. The number of nitrogens with one attached hydrogen (secondary N) is 1. The van der Waals surface area contributed by atoms with E-state index in [1.165, 1.54) is 25.6 Å². The van der Waals surface area contributed by atoms with Gasteiger partial charge in [0.2, 0.25) is 5.91 Å². The van der Waals surface area contributed by atoms with Gasteiger partial charge in [0.05, 0.1) is 5.75 Å². The summed E-state index contributed by atoms with van der Waals surface area (Å²) in [5.41, 5.74) is -0.170. The largest absolute Gasteiger partial charge is 0.480 e. The summed E-state index contributed by atoms with van der Waals surface area (Å²) in [5.74, 6) is -1.15. The van der Waals surface area contributed by atoms with Crippen LogP contribution in [0, 0.1) is 6.92 Å². The molecular formula is C13H16BrNO3S. The van der Waals surface area contributed by atoms with E-state index in [2.05, 4.69) is 21.2 Å². The highest BCUT2D eigenvalue weighted by atomic mass is 79.9. The number of benzene rings is 1. The molecule has 19 heavy (non-hydrogen) atoms. The van der Waals surface area contributed by atoms with Crippen molar-refractivity contribution in [3.05, 3.63) is 28.2 Å². The van der Waals surface area contributed by atoms with Crippen molar-refractivity contribution in [1.82, 2.24) is 5.32 Å². The zero-order chi connectivity index (χ0) is 14.6. The second-order valence-electron chi connectivity index (χ2n) is 4.68. The lowest BCUT2D eigenvalue weighted by Crippen LogP contribution is -2.50.